The maximum Gasteiger partial charge on any atom is 0.321 e. The third-order valence-electron chi connectivity index (χ3n) is 4.49. The molecule has 1 saturated carbocycles. The fourth-order valence-corrected chi connectivity index (χ4v) is 4.61. The van der Waals surface area contributed by atoms with Gasteiger partial charge in [-0.25, -0.2) is 8.42 Å². The molecule has 1 fully saturated rings. The molecule has 0 N–H and O–H groups in total. The standard InChI is InChI=1S/C18H27NO5S/c1-3-24-18(20)14-19(13-15-7-5-4-6-8-15)25(21,22)17-11-9-16(23-2)10-12-17/h9-12,15H,3-8,13-14H2,1-2H3. The summed E-state index contributed by atoms with van der Waals surface area (Å²) in [6, 6.07) is 6.23. The van der Waals surface area contributed by atoms with Crippen LogP contribution >= 0.6 is 0 Å². The Hall–Kier alpha value is -1.60. The summed E-state index contributed by atoms with van der Waals surface area (Å²) in [5, 5.41) is 0. The van der Waals surface area contributed by atoms with Gasteiger partial charge in [0.25, 0.3) is 0 Å². The fourth-order valence-electron chi connectivity index (χ4n) is 3.15. The Morgan fingerprint density at radius 2 is 1.80 bits per heavy atom. The van der Waals surface area contributed by atoms with Gasteiger partial charge in [0.2, 0.25) is 10.0 Å². The lowest BCUT2D eigenvalue weighted by atomic mass is 9.89. The number of rotatable bonds is 8. The van der Waals surface area contributed by atoms with E-state index >= 15 is 0 Å². The van der Waals surface area contributed by atoms with Gasteiger partial charge in [0.05, 0.1) is 18.6 Å². The number of nitrogens with zero attached hydrogens (tertiary/aromatic N) is 1. The fraction of sp³-hybridized carbons (Fsp3) is 0.611. The van der Waals surface area contributed by atoms with Crippen molar-refractivity contribution in [1.29, 1.82) is 0 Å². The molecule has 1 aliphatic rings. The summed E-state index contributed by atoms with van der Waals surface area (Å²) >= 11 is 0. The van der Waals surface area contributed by atoms with Crippen molar-refractivity contribution in [3.8, 4) is 5.75 Å². The van der Waals surface area contributed by atoms with Crippen molar-refractivity contribution >= 4 is 16.0 Å². The van der Waals surface area contributed by atoms with Crippen LogP contribution in [0.15, 0.2) is 29.2 Å². The number of methoxy groups -OCH3 is 1. The van der Waals surface area contributed by atoms with Crippen molar-refractivity contribution < 1.29 is 22.7 Å². The molecule has 1 aromatic rings. The summed E-state index contributed by atoms with van der Waals surface area (Å²) in [4.78, 5) is 12.1. The van der Waals surface area contributed by atoms with Gasteiger partial charge in [0.15, 0.2) is 0 Å². The molecule has 1 aromatic carbocycles. The average Bonchev–Trinajstić information content (AvgIpc) is 2.62. The van der Waals surface area contributed by atoms with Crippen LogP contribution in [0.4, 0.5) is 0 Å². The smallest absolute Gasteiger partial charge is 0.321 e. The van der Waals surface area contributed by atoms with E-state index in [9.17, 15) is 13.2 Å². The first-order valence-electron chi connectivity index (χ1n) is 8.77. The average molecular weight is 369 g/mol. The van der Waals surface area contributed by atoms with E-state index in [4.69, 9.17) is 9.47 Å². The van der Waals surface area contributed by atoms with Gasteiger partial charge in [-0.2, -0.15) is 4.31 Å². The molecule has 0 bridgehead atoms. The molecule has 0 spiro atoms. The number of ether oxygens (including phenoxy) is 2. The van der Waals surface area contributed by atoms with Gasteiger partial charge in [-0.1, -0.05) is 19.3 Å². The molecule has 140 valence electrons. The van der Waals surface area contributed by atoms with E-state index in [-0.39, 0.29) is 24.0 Å². The van der Waals surface area contributed by atoms with Crippen LogP contribution in [0.5, 0.6) is 5.75 Å². The van der Waals surface area contributed by atoms with Crippen LogP contribution < -0.4 is 4.74 Å². The van der Waals surface area contributed by atoms with E-state index in [2.05, 4.69) is 0 Å². The minimum absolute atomic E-state index is 0.161. The second kappa shape index (κ2) is 9.20. The molecule has 0 aromatic heterocycles. The highest BCUT2D eigenvalue weighted by Gasteiger charge is 2.30. The van der Waals surface area contributed by atoms with E-state index in [1.54, 1.807) is 19.1 Å². The first-order chi connectivity index (χ1) is 12.0. The normalized spacial score (nSPS) is 16.0. The molecular formula is C18H27NO5S. The van der Waals surface area contributed by atoms with Crippen molar-refractivity contribution in [1.82, 2.24) is 4.31 Å². The van der Waals surface area contributed by atoms with Gasteiger partial charge in [0.1, 0.15) is 12.3 Å². The molecule has 25 heavy (non-hydrogen) atoms. The third kappa shape index (κ3) is 5.44. The number of esters is 1. The molecule has 0 saturated heterocycles. The van der Waals surface area contributed by atoms with E-state index in [1.807, 2.05) is 0 Å². The maximum atomic E-state index is 13.0. The molecular weight excluding hydrogens is 342 g/mol. The summed E-state index contributed by atoms with van der Waals surface area (Å²) in [5.41, 5.74) is 0. The first kappa shape index (κ1) is 19.7. The van der Waals surface area contributed by atoms with Crippen molar-refractivity contribution in [3.63, 3.8) is 0 Å². The topological polar surface area (TPSA) is 72.9 Å². The molecule has 0 radical (unpaired) electrons. The SMILES string of the molecule is CCOC(=O)CN(CC1CCCCC1)S(=O)(=O)c1ccc(OC)cc1. The van der Waals surface area contributed by atoms with Gasteiger partial charge in [-0.3, -0.25) is 4.79 Å². The molecule has 0 atom stereocenters. The maximum absolute atomic E-state index is 13.0. The third-order valence-corrected chi connectivity index (χ3v) is 6.32. The zero-order valence-corrected chi connectivity index (χ0v) is 15.8. The Bertz CT molecular complexity index is 651. The number of carbonyl (C=O) groups is 1. The van der Waals surface area contributed by atoms with Gasteiger partial charge >= 0.3 is 5.97 Å². The Balaban J connectivity index is 2.22. The molecule has 0 unspecified atom stereocenters. The predicted molar refractivity (Wildman–Crippen MR) is 95.0 cm³/mol. The molecule has 7 heteroatoms. The minimum Gasteiger partial charge on any atom is -0.497 e. The van der Waals surface area contributed by atoms with Crippen molar-refractivity contribution in [2.45, 2.75) is 43.9 Å². The van der Waals surface area contributed by atoms with Crippen LogP contribution in [0.1, 0.15) is 39.0 Å². The van der Waals surface area contributed by atoms with Gasteiger partial charge in [0, 0.05) is 6.54 Å². The van der Waals surface area contributed by atoms with Crippen LogP contribution in [-0.4, -0.2) is 45.5 Å². The summed E-state index contributed by atoms with van der Waals surface area (Å²) < 4.78 is 37.4. The summed E-state index contributed by atoms with van der Waals surface area (Å²) in [6.07, 6.45) is 5.41. The monoisotopic (exact) mass is 369 g/mol. The summed E-state index contributed by atoms with van der Waals surface area (Å²) in [5.74, 6) is 0.356. The molecule has 2 rings (SSSR count). The Labute approximate surface area is 150 Å². The molecule has 0 amide bonds. The Morgan fingerprint density at radius 3 is 2.36 bits per heavy atom. The zero-order valence-electron chi connectivity index (χ0n) is 14.9. The summed E-state index contributed by atoms with van der Waals surface area (Å²) in [7, 11) is -2.23. The lowest BCUT2D eigenvalue weighted by Gasteiger charge is -2.28. The number of hydrogen-bond donors (Lipinski definition) is 0. The molecule has 1 aliphatic carbocycles. The Kier molecular flexibility index (Phi) is 7.25. The number of sulfonamides is 1. The quantitative estimate of drug-likeness (QED) is 0.659. The minimum atomic E-state index is -3.76. The van der Waals surface area contributed by atoms with Crippen LogP contribution in [0.25, 0.3) is 0 Å². The predicted octanol–water partition coefficient (Wildman–Crippen LogP) is 2.83. The first-order valence-corrected chi connectivity index (χ1v) is 10.2. The number of benzene rings is 1. The van der Waals surface area contributed by atoms with Gasteiger partial charge < -0.3 is 9.47 Å². The summed E-state index contributed by atoms with van der Waals surface area (Å²) in [6.45, 7) is 2.05. The molecule has 0 aliphatic heterocycles. The highest BCUT2D eigenvalue weighted by molar-refractivity contribution is 7.89. The second-order valence-electron chi connectivity index (χ2n) is 6.28. The lowest BCUT2D eigenvalue weighted by Crippen LogP contribution is -2.40. The Morgan fingerprint density at radius 1 is 1.16 bits per heavy atom. The van der Waals surface area contributed by atoms with E-state index < -0.39 is 16.0 Å². The largest absolute Gasteiger partial charge is 0.497 e. The van der Waals surface area contributed by atoms with Crippen LogP contribution in [0.2, 0.25) is 0 Å². The number of carbonyl (C=O) groups excluding carboxylic acids is 1. The van der Waals surface area contributed by atoms with Crippen LogP contribution in [0.3, 0.4) is 0 Å². The van der Waals surface area contributed by atoms with E-state index in [1.165, 1.54) is 30.0 Å². The lowest BCUT2D eigenvalue weighted by molar-refractivity contribution is -0.143. The zero-order chi connectivity index (χ0) is 18.3. The van der Waals surface area contributed by atoms with Crippen LogP contribution in [-0.2, 0) is 19.6 Å². The van der Waals surface area contributed by atoms with Crippen molar-refractivity contribution in [2.24, 2.45) is 5.92 Å². The highest BCUT2D eigenvalue weighted by atomic mass is 32.2. The van der Waals surface area contributed by atoms with Gasteiger partial charge in [-0.05, 0) is 49.9 Å². The second-order valence-corrected chi connectivity index (χ2v) is 8.22. The number of hydrogen-bond acceptors (Lipinski definition) is 5. The van der Waals surface area contributed by atoms with Crippen molar-refractivity contribution in [3.05, 3.63) is 24.3 Å². The molecule has 0 heterocycles. The van der Waals surface area contributed by atoms with Crippen molar-refractivity contribution in [2.75, 3.05) is 26.8 Å². The highest BCUT2D eigenvalue weighted by Crippen LogP contribution is 2.27. The van der Waals surface area contributed by atoms with E-state index in [0.29, 0.717) is 12.3 Å². The molecule has 6 nitrogen and oxygen atoms in total. The van der Waals surface area contributed by atoms with Crippen LogP contribution in [0, 0.1) is 5.92 Å². The van der Waals surface area contributed by atoms with E-state index in [0.717, 1.165) is 25.7 Å². The van der Waals surface area contributed by atoms with Gasteiger partial charge in [-0.15, -0.1) is 0 Å².